The average Bonchev–Trinajstić information content (AvgIpc) is 2.67. The highest BCUT2D eigenvalue weighted by Crippen LogP contribution is 2.20. The van der Waals surface area contributed by atoms with E-state index >= 15 is 0 Å². The molecule has 0 fully saturated rings. The van der Waals surface area contributed by atoms with Crippen LogP contribution in [0.25, 0.3) is 0 Å². The zero-order valence-electron chi connectivity index (χ0n) is 16.0. The van der Waals surface area contributed by atoms with Gasteiger partial charge in [0.25, 0.3) is 11.8 Å². The fourth-order valence-corrected chi connectivity index (χ4v) is 2.53. The predicted octanol–water partition coefficient (Wildman–Crippen LogP) is 3.27. The van der Waals surface area contributed by atoms with E-state index in [1.165, 1.54) is 12.0 Å². The molecule has 0 atom stereocenters. The van der Waals surface area contributed by atoms with Gasteiger partial charge in [0.1, 0.15) is 6.54 Å². The number of carbonyl (C=O) groups is 3. The zero-order valence-corrected chi connectivity index (χ0v) is 16.0. The molecule has 1 N–H and O–H groups in total. The lowest BCUT2D eigenvalue weighted by atomic mass is 10.1. The molecule has 2 aromatic carbocycles. The van der Waals surface area contributed by atoms with Gasteiger partial charge in [-0.3, -0.25) is 14.4 Å². The Hall–Kier alpha value is -3.15. The number of esters is 1. The van der Waals surface area contributed by atoms with Crippen LogP contribution in [0.4, 0.5) is 5.69 Å². The van der Waals surface area contributed by atoms with Gasteiger partial charge in [0.2, 0.25) is 0 Å². The van der Waals surface area contributed by atoms with Crippen molar-refractivity contribution in [2.75, 3.05) is 19.0 Å². The first kappa shape index (κ1) is 20.2. The Bertz CT molecular complexity index is 831. The summed E-state index contributed by atoms with van der Waals surface area (Å²) >= 11 is 0. The predicted molar refractivity (Wildman–Crippen MR) is 104 cm³/mol. The van der Waals surface area contributed by atoms with Crippen molar-refractivity contribution in [1.29, 1.82) is 0 Å². The van der Waals surface area contributed by atoms with Crippen LogP contribution in [0.3, 0.4) is 0 Å². The number of methoxy groups -OCH3 is 1. The fourth-order valence-electron chi connectivity index (χ4n) is 2.53. The highest BCUT2D eigenvalue weighted by atomic mass is 16.5. The summed E-state index contributed by atoms with van der Waals surface area (Å²) in [5.74, 6) is -1.04. The molecule has 0 aliphatic rings. The SMILES string of the molecule is COC(=O)CN(C(=O)c1ccc(C)c(NC(=O)c2ccccc2)c1)C(C)C. The first-order chi connectivity index (χ1) is 12.8. The molecule has 0 spiro atoms. The summed E-state index contributed by atoms with van der Waals surface area (Å²) in [5.41, 5.74) is 2.31. The molecule has 0 aromatic heterocycles. The Morgan fingerprint density at radius 1 is 1.04 bits per heavy atom. The highest BCUT2D eigenvalue weighted by molar-refractivity contribution is 6.05. The summed E-state index contributed by atoms with van der Waals surface area (Å²) in [4.78, 5) is 38.3. The molecule has 0 unspecified atom stereocenters. The van der Waals surface area contributed by atoms with Crippen molar-refractivity contribution in [1.82, 2.24) is 4.90 Å². The van der Waals surface area contributed by atoms with Crippen LogP contribution in [-0.2, 0) is 9.53 Å². The Labute approximate surface area is 159 Å². The van der Waals surface area contributed by atoms with E-state index in [0.29, 0.717) is 16.8 Å². The van der Waals surface area contributed by atoms with Crippen LogP contribution in [0.15, 0.2) is 48.5 Å². The number of hydrogen-bond donors (Lipinski definition) is 1. The fraction of sp³-hybridized carbons (Fsp3) is 0.286. The van der Waals surface area contributed by atoms with Gasteiger partial charge in [-0.15, -0.1) is 0 Å². The maximum absolute atomic E-state index is 12.9. The Morgan fingerprint density at radius 3 is 2.30 bits per heavy atom. The van der Waals surface area contributed by atoms with Crippen molar-refractivity contribution in [3.8, 4) is 0 Å². The second kappa shape index (κ2) is 8.98. The van der Waals surface area contributed by atoms with E-state index in [1.807, 2.05) is 26.8 Å². The van der Waals surface area contributed by atoms with Gasteiger partial charge in [-0.05, 0) is 50.6 Å². The number of hydrogen-bond acceptors (Lipinski definition) is 4. The van der Waals surface area contributed by atoms with Crippen LogP contribution in [0.2, 0.25) is 0 Å². The van der Waals surface area contributed by atoms with E-state index in [2.05, 4.69) is 10.1 Å². The first-order valence-corrected chi connectivity index (χ1v) is 8.68. The summed E-state index contributed by atoms with van der Waals surface area (Å²) in [6.45, 7) is 5.37. The molecule has 0 aliphatic carbocycles. The van der Waals surface area contributed by atoms with E-state index in [4.69, 9.17) is 0 Å². The summed E-state index contributed by atoms with van der Waals surface area (Å²) < 4.78 is 4.67. The number of nitrogens with zero attached hydrogens (tertiary/aromatic N) is 1. The second-order valence-corrected chi connectivity index (χ2v) is 6.45. The van der Waals surface area contributed by atoms with Gasteiger partial charge in [0.15, 0.2) is 0 Å². The third-order valence-corrected chi connectivity index (χ3v) is 4.18. The number of amides is 2. The molecule has 27 heavy (non-hydrogen) atoms. The number of benzene rings is 2. The number of rotatable bonds is 6. The summed E-state index contributed by atoms with van der Waals surface area (Å²) in [7, 11) is 1.29. The summed E-state index contributed by atoms with van der Waals surface area (Å²) in [5, 5.41) is 2.84. The Morgan fingerprint density at radius 2 is 1.70 bits per heavy atom. The maximum Gasteiger partial charge on any atom is 0.325 e. The molecule has 6 nitrogen and oxygen atoms in total. The molecule has 0 aliphatic heterocycles. The molecule has 0 saturated heterocycles. The summed E-state index contributed by atoms with van der Waals surface area (Å²) in [6, 6.07) is 13.7. The molecule has 2 amide bonds. The third kappa shape index (κ3) is 5.17. The van der Waals surface area contributed by atoms with Gasteiger partial charge in [0.05, 0.1) is 7.11 Å². The number of nitrogens with one attached hydrogen (secondary N) is 1. The molecule has 0 heterocycles. The maximum atomic E-state index is 12.9. The quantitative estimate of drug-likeness (QED) is 0.794. The molecule has 2 rings (SSSR count). The highest BCUT2D eigenvalue weighted by Gasteiger charge is 2.22. The smallest absolute Gasteiger partial charge is 0.325 e. The Kier molecular flexibility index (Phi) is 6.71. The third-order valence-electron chi connectivity index (χ3n) is 4.18. The number of carbonyl (C=O) groups excluding carboxylic acids is 3. The Balaban J connectivity index is 2.26. The minimum absolute atomic E-state index is 0.132. The van der Waals surface area contributed by atoms with Crippen LogP contribution in [-0.4, -0.2) is 42.4 Å². The molecule has 0 radical (unpaired) electrons. The van der Waals surface area contributed by atoms with E-state index in [9.17, 15) is 14.4 Å². The molecule has 6 heteroatoms. The second-order valence-electron chi connectivity index (χ2n) is 6.45. The van der Waals surface area contributed by atoms with Crippen LogP contribution in [0.1, 0.15) is 40.1 Å². The van der Waals surface area contributed by atoms with Gasteiger partial charge in [-0.25, -0.2) is 0 Å². The largest absolute Gasteiger partial charge is 0.468 e. The van der Waals surface area contributed by atoms with Crippen molar-refractivity contribution in [2.24, 2.45) is 0 Å². The van der Waals surface area contributed by atoms with E-state index in [1.54, 1.807) is 42.5 Å². The topological polar surface area (TPSA) is 75.7 Å². The molecule has 0 bridgehead atoms. The first-order valence-electron chi connectivity index (χ1n) is 8.68. The number of ether oxygens (including phenoxy) is 1. The lowest BCUT2D eigenvalue weighted by Crippen LogP contribution is -2.41. The number of anilines is 1. The lowest BCUT2D eigenvalue weighted by molar-refractivity contribution is -0.141. The van der Waals surface area contributed by atoms with E-state index in [0.717, 1.165) is 5.56 Å². The molecule has 0 saturated carbocycles. The van der Waals surface area contributed by atoms with Crippen molar-refractivity contribution < 1.29 is 19.1 Å². The van der Waals surface area contributed by atoms with Crippen molar-refractivity contribution >= 4 is 23.5 Å². The lowest BCUT2D eigenvalue weighted by Gasteiger charge is -2.26. The molecular weight excluding hydrogens is 344 g/mol. The van der Waals surface area contributed by atoms with E-state index in [-0.39, 0.29) is 24.4 Å². The van der Waals surface area contributed by atoms with Gasteiger partial charge < -0.3 is 15.0 Å². The van der Waals surface area contributed by atoms with Gasteiger partial charge >= 0.3 is 5.97 Å². The molecular formula is C21H24N2O4. The normalized spacial score (nSPS) is 10.4. The van der Waals surface area contributed by atoms with Crippen LogP contribution < -0.4 is 5.32 Å². The zero-order chi connectivity index (χ0) is 20.0. The monoisotopic (exact) mass is 368 g/mol. The number of aryl methyl sites for hydroxylation is 1. The molecule has 2 aromatic rings. The van der Waals surface area contributed by atoms with Crippen LogP contribution >= 0.6 is 0 Å². The van der Waals surface area contributed by atoms with Crippen LogP contribution in [0.5, 0.6) is 0 Å². The van der Waals surface area contributed by atoms with Gasteiger partial charge in [-0.1, -0.05) is 24.3 Å². The average molecular weight is 368 g/mol. The molecule has 142 valence electrons. The van der Waals surface area contributed by atoms with Crippen molar-refractivity contribution in [3.63, 3.8) is 0 Å². The van der Waals surface area contributed by atoms with Gasteiger partial charge in [0, 0.05) is 22.9 Å². The standard InChI is InChI=1S/C21H24N2O4/c1-14(2)23(13-19(24)27-4)21(26)17-11-10-15(3)18(12-17)22-20(25)16-8-6-5-7-9-16/h5-12,14H,13H2,1-4H3,(H,22,25). The van der Waals surface area contributed by atoms with Gasteiger partial charge in [-0.2, -0.15) is 0 Å². The minimum Gasteiger partial charge on any atom is -0.468 e. The van der Waals surface area contributed by atoms with Crippen LogP contribution in [0, 0.1) is 6.92 Å². The van der Waals surface area contributed by atoms with Crippen molar-refractivity contribution in [3.05, 3.63) is 65.2 Å². The van der Waals surface area contributed by atoms with Crippen molar-refractivity contribution in [2.45, 2.75) is 26.8 Å². The summed E-state index contributed by atoms with van der Waals surface area (Å²) in [6.07, 6.45) is 0. The van der Waals surface area contributed by atoms with E-state index < -0.39 is 5.97 Å². The minimum atomic E-state index is -0.484.